The summed E-state index contributed by atoms with van der Waals surface area (Å²) in [6.45, 7) is 1.96. The molecule has 0 spiro atoms. The second kappa shape index (κ2) is 9.03. The Hall–Kier alpha value is -2.51. The number of ether oxygens (including phenoxy) is 1. The van der Waals surface area contributed by atoms with E-state index in [1.165, 1.54) is 37.4 Å². The number of amides is 1. The van der Waals surface area contributed by atoms with Crippen molar-refractivity contribution in [1.82, 2.24) is 14.9 Å². The quantitative estimate of drug-likeness (QED) is 0.369. The first kappa shape index (κ1) is 22.3. The monoisotopic (exact) mass is 483 g/mol. The van der Waals surface area contributed by atoms with Crippen LogP contribution in [0.5, 0.6) is 5.75 Å². The third-order valence-electron chi connectivity index (χ3n) is 6.30. The second-order valence-electron chi connectivity index (χ2n) is 8.93. The molecule has 8 heteroatoms. The largest absolute Gasteiger partial charge is 0.495 e. The molecule has 172 valence electrons. The highest BCUT2D eigenvalue weighted by Crippen LogP contribution is 2.44. The fourth-order valence-electron chi connectivity index (χ4n) is 4.31. The molecule has 2 aliphatic rings. The summed E-state index contributed by atoms with van der Waals surface area (Å²) in [4.78, 5) is 31.1. The van der Waals surface area contributed by atoms with Crippen LogP contribution in [0.1, 0.15) is 31.2 Å². The first-order chi connectivity index (χ1) is 15.9. The number of fused-ring (bicyclic) bond motifs is 1. The lowest BCUT2D eigenvalue weighted by molar-refractivity contribution is -0.119. The van der Waals surface area contributed by atoms with Gasteiger partial charge in [-0.2, -0.15) is 0 Å². The third-order valence-corrected chi connectivity index (χ3v) is 7.47. The van der Waals surface area contributed by atoms with Crippen molar-refractivity contribution < 1.29 is 9.53 Å². The highest BCUT2D eigenvalue weighted by atomic mass is 35.5. The van der Waals surface area contributed by atoms with Gasteiger partial charge in [-0.3, -0.25) is 14.2 Å². The van der Waals surface area contributed by atoms with Crippen LogP contribution >= 0.6 is 23.4 Å². The molecule has 1 heterocycles. The molecule has 33 heavy (non-hydrogen) atoms. The Morgan fingerprint density at radius 3 is 2.61 bits per heavy atom. The normalized spacial score (nSPS) is 15.8. The minimum Gasteiger partial charge on any atom is -0.495 e. The van der Waals surface area contributed by atoms with Crippen molar-refractivity contribution in [2.24, 2.45) is 11.8 Å². The number of carbonyl (C=O) groups excluding carboxylic acids is 1. The maximum absolute atomic E-state index is 13.6. The number of rotatable bonds is 8. The zero-order chi connectivity index (χ0) is 23.1. The molecule has 3 aromatic rings. The number of nitrogens with one attached hydrogen (secondary N) is 1. The van der Waals surface area contributed by atoms with Gasteiger partial charge >= 0.3 is 0 Å². The topological polar surface area (TPSA) is 73.2 Å². The predicted octanol–water partition coefficient (Wildman–Crippen LogP) is 4.75. The molecular weight excluding hydrogens is 458 g/mol. The van der Waals surface area contributed by atoms with E-state index in [1.54, 1.807) is 29.9 Å². The molecule has 0 saturated heterocycles. The van der Waals surface area contributed by atoms with Gasteiger partial charge in [0.25, 0.3) is 5.56 Å². The van der Waals surface area contributed by atoms with Crippen molar-refractivity contribution in [3.05, 3.63) is 57.3 Å². The Bertz CT molecular complexity index is 1270. The lowest BCUT2D eigenvalue weighted by Crippen LogP contribution is -2.39. The molecule has 1 aromatic heterocycles. The Morgan fingerprint density at radius 2 is 1.94 bits per heavy atom. The molecule has 0 unspecified atom stereocenters. The second-order valence-corrected chi connectivity index (χ2v) is 10.3. The Morgan fingerprint density at radius 1 is 1.21 bits per heavy atom. The number of carbonyl (C=O) groups is 1. The molecule has 2 saturated carbocycles. The summed E-state index contributed by atoms with van der Waals surface area (Å²) in [7, 11) is 1.57. The Balaban J connectivity index is 1.51. The fourth-order valence-corrected chi connectivity index (χ4v) is 5.29. The predicted molar refractivity (Wildman–Crippen MR) is 132 cm³/mol. The van der Waals surface area contributed by atoms with Gasteiger partial charge in [0.05, 0.1) is 29.5 Å². The number of hydrogen-bond acceptors (Lipinski definition) is 5. The molecule has 2 aromatic carbocycles. The highest BCUT2D eigenvalue weighted by molar-refractivity contribution is 7.99. The summed E-state index contributed by atoms with van der Waals surface area (Å²) in [5, 5.41) is 4.64. The summed E-state index contributed by atoms with van der Waals surface area (Å²) < 4.78 is 7.08. The number of halogens is 1. The summed E-state index contributed by atoms with van der Waals surface area (Å²) in [5.41, 5.74) is 1.87. The summed E-state index contributed by atoms with van der Waals surface area (Å²) in [5.74, 6) is 1.98. The number of methoxy groups -OCH3 is 1. The van der Waals surface area contributed by atoms with E-state index in [-0.39, 0.29) is 17.2 Å². The summed E-state index contributed by atoms with van der Waals surface area (Å²) in [6.07, 6.45) is 4.81. The van der Waals surface area contributed by atoms with Crippen molar-refractivity contribution in [1.29, 1.82) is 0 Å². The smallest absolute Gasteiger partial charge is 0.266 e. The number of thioether (sulfide) groups is 1. The zero-order valence-corrected chi connectivity index (χ0v) is 20.2. The van der Waals surface area contributed by atoms with Gasteiger partial charge in [-0.25, -0.2) is 4.98 Å². The van der Waals surface area contributed by atoms with Crippen molar-refractivity contribution in [2.45, 2.75) is 43.8 Å². The summed E-state index contributed by atoms with van der Waals surface area (Å²) in [6, 6.07) is 11.0. The molecule has 6 nitrogen and oxygen atoms in total. The maximum atomic E-state index is 13.6. The maximum Gasteiger partial charge on any atom is 0.266 e. The van der Waals surface area contributed by atoms with Crippen LogP contribution in [-0.4, -0.2) is 34.4 Å². The van der Waals surface area contributed by atoms with Crippen LogP contribution < -0.4 is 15.6 Å². The van der Waals surface area contributed by atoms with Crippen LogP contribution in [0.2, 0.25) is 5.02 Å². The number of aryl methyl sites for hydroxylation is 1. The number of nitrogens with zero attached hydrogens (tertiary/aromatic N) is 2. The number of benzene rings is 2. The van der Waals surface area contributed by atoms with Gasteiger partial charge in [-0.1, -0.05) is 29.4 Å². The lowest BCUT2D eigenvalue weighted by atomic mass is 10.1. The Kier molecular flexibility index (Phi) is 6.10. The first-order valence-electron chi connectivity index (χ1n) is 11.2. The first-order valence-corrected chi connectivity index (χ1v) is 12.6. The minimum absolute atomic E-state index is 0.0213. The standard InChI is InChI=1S/C25H26ClN3O3S/c1-14-3-10-21(32-2)20(11-14)29-24(31)18-9-8-17(26)12-19(18)27-25(29)33-13-22(30)28-23(15-4-5-15)16-6-7-16/h3,8-12,15-16,23H,4-7,13H2,1-2H3,(H,28,30). The van der Waals surface area contributed by atoms with Gasteiger partial charge in [-0.15, -0.1) is 0 Å². The zero-order valence-electron chi connectivity index (χ0n) is 18.6. The van der Waals surface area contributed by atoms with Crippen molar-refractivity contribution >= 4 is 40.2 Å². The van der Waals surface area contributed by atoms with Gasteiger partial charge < -0.3 is 10.1 Å². The molecule has 1 amide bonds. The van der Waals surface area contributed by atoms with Crippen LogP contribution in [0.25, 0.3) is 16.6 Å². The van der Waals surface area contributed by atoms with E-state index < -0.39 is 0 Å². The van der Waals surface area contributed by atoms with E-state index in [0.717, 1.165) is 5.56 Å². The van der Waals surface area contributed by atoms with E-state index in [9.17, 15) is 9.59 Å². The molecule has 2 aliphatic carbocycles. The van der Waals surface area contributed by atoms with E-state index in [4.69, 9.17) is 21.3 Å². The average molecular weight is 484 g/mol. The SMILES string of the molecule is COc1ccc(C)cc1-n1c(SCC(=O)NC(C2CC2)C2CC2)nc2cc(Cl)ccc2c1=O. The van der Waals surface area contributed by atoms with Crippen molar-refractivity contribution in [3.63, 3.8) is 0 Å². The molecule has 0 bridgehead atoms. The molecule has 0 aliphatic heterocycles. The van der Waals surface area contributed by atoms with Crippen LogP contribution in [0.15, 0.2) is 46.3 Å². The van der Waals surface area contributed by atoms with E-state index >= 15 is 0 Å². The van der Waals surface area contributed by atoms with Gasteiger partial charge in [0.1, 0.15) is 5.75 Å². The number of hydrogen-bond donors (Lipinski definition) is 1. The third kappa shape index (κ3) is 4.75. The molecule has 1 N–H and O–H groups in total. The van der Waals surface area contributed by atoms with E-state index in [0.29, 0.717) is 50.4 Å². The van der Waals surface area contributed by atoms with Gasteiger partial charge in [-0.05, 0) is 80.3 Å². The average Bonchev–Trinajstić information content (AvgIpc) is 3.69. The van der Waals surface area contributed by atoms with E-state index in [2.05, 4.69) is 5.32 Å². The molecule has 2 fully saturated rings. The molecule has 0 radical (unpaired) electrons. The highest BCUT2D eigenvalue weighted by Gasteiger charge is 2.42. The van der Waals surface area contributed by atoms with Crippen LogP contribution in [0.4, 0.5) is 0 Å². The van der Waals surface area contributed by atoms with Gasteiger partial charge in [0.2, 0.25) is 5.91 Å². The van der Waals surface area contributed by atoms with Crippen LogP contribution in [0.3, 0.4) is 0 Å². The minimum atomic E-state index is -0.225. The van der Waals surface area contributed by atoms with E-state index in [1.807, 2.05) is 25.1 Å². The fraction of sp³-hybridized carbons (Fsp3) is 0.400. The van der Waals surface area contributed by atoms with Crippen molar-refractivity contribution in [3.8, 4) is 11.4 Å². The molecule has 0 atom stereocenters. The van der Waals surface area contributed by atoms with Gasteiger partial charge in [0.15, 0.2) is 5.16 Å². The van der Waals surface area contributed by atoms with Crippen LogP contribution in [-0.2, 0) is 4.79 Å². The number of aromatic nitrogens is 2. The molecule has 5 rings (SSSR count). The van der Waals surface area contributed by atoms with Crippen molar-refractivity contribution in [2.75, 3.05) is 12.9 Å². The lowest BCUT2D eigenvalue weighted by Gasteiger charge is -2.19. The van der Waals surface area contributed by atoms with Crippen LogP contribution in [0, 0.1) is 18.8 Å². The molecular formula is C25H26ClN3O3S. The van der Waals surface area contributed by atoms with Gasteiger partial charge in [0, 0.05) is 11.1 Å². The summed E-state index contributed by atoms with van der Waals surface area (Å²) >= 11 is 7.42. The Labute approximate surface area is 201 Å².